The number of benzene rings is 1. The monoisotopic (exact) mass is 304 g/mol. The Balaban J connectivity index is 1.62. The van der Waals surface area contributed by atoms with Crippen molar-refractivity contribution in [3.05, 3.63) is 53.3 Å². The lowest BCUT2D eigenvalue weighted by Crippen LogP contribution is -2.37. The lowest BCUT2D eigenvalue weighted by Gasteiger charge is -2.26. The van der Waals surface area contributed by atoms with Crippen molar-refractivity contribution in [1.29, 1.82) is 0 Å². The molecule has 0 unspecified atom stereocenters. The van der Waals surface area contributed by atoms with Crippen LogP contribution in [0.4, 0.5) is 0 Å². The molecule has 0 N–H and O–H groups in total. The zero-order valence-electron chi connectivity index (χ0n) is 12.2. The van der Waals surface area contributed by atoms with E-state index in [0.717, 1.165) is 56.4 Å². The Morgan fingerprint density at radius 3 is 2.67 bits per heavy atom. The van der Waals surface area contributed by atoms with E-state index in [1.807, 2.05) is 18.2 Å². The standard InChI is InChI=1S/C17H21ClN2O/c18-16-7-1-2-8-17(16)20-10-4-6-15(20)5-3-9-19-11-13-21-14-12-19/h1-2,4,6-8,10H,3,5,9,11-14H2. The second-order valence-corrected chi connectivity index (χ2v) is 5.79. The number of ether oxygens (including phenoxy) is 1. The SMILES string of the molecule is Clc1ccccc1-n1cccc1CCCN1CCOCC1. The minimum absolute atomic E-state index is 0.795. The Morgan fingerprint density at radius 1 is 1.05 bits per heavy atom. The van der Waals surface area contributed by atoms with E-state index in [1.54, 1.807) is 0 Å². The molecule has 0 amide bonds. The fraction of sp³-hybridized carbons (Fsp3) is 0.412. The van der Waals surface area contributed by atoms with Gasteiger partial charge in [0.05, 0.1) is 23.9 Å². The smallest absolute Gasteiger partial charge is 0.0646 e. The maximum absolute atomic E-state index is 6.30. The molecule has 1 aromatic carbocycles. The van der Waals surface area contributed by atoms with E-state index in [-0.39, 0.29) is 0 Å². The molecular weight excluding hydrogens is 284 g/mol. The summed E-state index contributed by atoms with van der Waals surface area (Å²) in [7, 11) is 0. The number of aryl methyl sites for hydroxylation is 1. The molecule has 3 rings (SSSR count). The predicted molar refractivity (Wildman–Crippen MR) is 86.4 cm³/mol. The molecule has 4 heteroatoms. The van der Waals surface area contributed by atoms with E-state index in [9.17, 15) is 0 Å². The summed E-state index contributed by atoms with van der Waals surface area (Å²) < 4.78 is 7.58. The summed E-state index contributed by atoms with van der Waals surface area (Å²) in [4.78, 5) is 2.48. The van der Waals surface area contributed by atoms with Crippen LogP contribution in [0.1, 0.15) is 12.1 Å². The molecule has 0 bridgehead atoms. The predicted octanol–water partition coefficient (Wildman–Crippen LogP) is 3.40. The number of nitrogens with zero attached hydrogens (tertiary/aromatic N) is 2. The minimum atomic E-state index is 0.795. The quantitative estimate of drug-likeness (QED) is 0.842. The minimum Gasteiger partial charge on any atom is -0.379 e. The van der Waals surface area contributed by atoms with Crippen molar-refractivity contribution in [2.45, 2.75) is 12.8 Å². The fourth-order valence-electron chi connectivity index (χ4n) is 2.81. The molecule has 0 aliphatic carbocycles. The maximum atomic E-state index is 6.30. The molecule has 21 heavy (non-hydrogen) atoms. The van der Waals surface area contributed by atoms with Gasteiger partial charge in [-0.1, -0.05) is 23.7 Å². The molecule has 1 aromatic heterocycles. The first-order valence-corrected chi connectivity index (χ1v) is 7.93. The Hall–Kier alpha value is -1.29. The van der Waals surface area contributed by atoms with Gasteiger partial charge < -0.3 is 9.30 Å². The third-order valence-corrected chi connectivity index (χ3v) is 4.28. The van der Waals surface area contributed by atoms with Crippen LogP contribution in [0.5, 0.6) is 0 Å². The summed E-state index contributed by atoms with van der Waals surface area (Å²) in [6.07, 6.45) is 4.31. The van der Waals surface area contributed by atoms with Crippen LogP contribution in [-0.2, 0) is 11.2 Å². The average molecular weight is 305 g/mol. The fourth-order valence-corrected chi connectivity index (χ4v) is 3.04. The summed E-state index contributed by atoms with van der Waals surface area (Å²) in [6.45, 7) is 5.00. The van der Waals surface area contributed by atoms with Gasteiger partial charge in [0.2, 0.25) is 0 Å². The third kappa shape index (κ3) is 3.67. The summed E-state index contributed by atoms with van der Waals surface area (Å²) >= 11 is 6.30. The van der Waals surface area contributed by atoms with Gasteiger partial charge in [0.25, 0.3) is 0 Å². The van der Waals surface area contributed by atoms with Crippen molar-refractivity contribution in [2.75, 3.05) is 32.8 Å². The van der Waals surface area contributed by atoms with Gasteiger partial charge in [-0.25, -0.2) is 0 Å². The van der Waals surface area contributed by atoms with E-state index < -0.39 is 0 Å². The molecule has 0 spiro atoms. The molecule has 1 aliphatic rings. The number of morpholine rings is 1. The van der Waals surface area contributed by atoms with E-state index in [0.29, 0.717) is 0 Å². The molecule has 3 nitrogen and oxygen atoms in total. The number of halogens is 1. The zero-order chi connectivity index (χ0) is 14.5. The summed E-state index contributed by atoms with van der Waals surface area (Å²) in [5.74, 6) is 0. The van der Waals surface area contributed by atoms with Crippen LogP contribution < -0.4 is 0 Å². The van der Waals surface area contributed by atoms with E-state index >= 15 is 0 Å². The van der Waals surface area contributed by atoms with E-state index in [1.165, 1.54) is 5.69 Å². The van der Waals surface area contributed by atoms with Crippen molar-refractivity contribution in [3.63, 3.8) is 0 Å². The van der Waals surface area contributed by atoms with Gasteiger partial charge in [0, 0.05) is 25.0 Å². The average Bonchev–Trinajstić information content (AvgIpc) is 2.97. The first kappa shape index (κ1) is 14.6. The molecule has 0 radical (unpaired) electrons. The molecule has 1 aliphatic heterocycles. The Kier molecular flexibility index (Phi) is 4.96. The Labute approximate surface area is 131 Å². The largest absolute Gasteiger partial charge is 0.379 e. The third-order valence-electron chi connectivity index (χ3n) is 3.96. The van der Waals surface area contributed by atoms with Crippen molar-refractivity contribution in [1.82, 2.24) is 9.47 Å². The lowest BCUT2D eigenvalue weighted by atomic mass is 10.2. The summed E-state index contributed by atoms with van der Waals surface area (Å²) in [5.41, 5.74) is 2.38. The molecule has 1 fully saturated rings. The highest BCUT2D eigenvalue weighted by Crippen LogP contribution is 2.22. The summed E-state index contributed by atoms with van der Waals surface area (Å²) in [5, 5.41) is 0.795. The Bertz CT molecular complexity index is 576. The molecule has 112 valence electrons. The van der Waals surface area contributed by atoms with Crippen LogP contribution in [0.25, 0.3) is 5.69 Å². The van der Waals surface area contributed by atoms with Gasteiger partial charge >= 0.3 is 0 Å². The number of rotatable bonds is 5. The zero-order valence-corrected chi connectivity index (χ0v) is 12.9. The molecule has 1 saturated heterocycles. The molecular formula is C17H21ClN2O. The second-order valence-electron chi connectivity index (χ2n) is 5.38. The van der Waals surface area contributed by atoms with Crippen LogP contribution in [-0.4, -0.2) is 42.3 Å². The second kappa shape index (κ2) is 7.12. The van der Waals surface area contributed by atoms with Crippen LogP contribution in [0, 0.1) is 0 Å². The van der Waals surface area contributed by atoms with Gasteiger partial charge in [-0.05, 0) is 43.7 Å². The lowest BCUT2D eigenvalue weighted by molar-refractivity contribution is 0.0374. The highest BCUT2D eigenvalue weighted by atomic mass is 35.5. The molecule has 2 heterocycles. The number of hydrogen-bond donors (Lipinski definition) is 0. The Morgan fingerprint density at radius 2 is 1.86 bits per heavy atom. The topological polar surface area (TPSA) is 17.4 Å². The molecule has 0 saturated carbocycles. The molecule has 0 atom stereocenters. The maximum Gasteiger partial charge on any atom is 0.0646 e. The van der Waals surface area contributed by atoms with Crippen LogP contribution in [0.2, 0.25) is 5.02 Å². The van der Waals surface area contributed by atoms with Crippen molar-refractivity contribution < 1.29 is 4.74 Å². The van der Waals surface area contributed by atoms with Crippen molar-refractivity contribution in [3.8, 4) is 5.69 Å². The molecule has 2 aromatic rings. The van der Waals surface area contributed by atoms with Gasteiger partial charge in [-0.3, -0.25) is 4.90 Å². The van der Waals surface area contributed by atoms with Crippen LogP contribution in [0.15, 0.2) is 42.6 Å². The van der Waals surface area contributed by atoms with Gasteiger partial charge in [0.1, 0.15) is 0 Å². The summed E-state index contributed by atoms with van der Waals surface area (Å²) in [6, 6.07) is 12.3. The highest BCUT2D eigenvalue weighted by Gasteiger charge is 2.11. The normalized spacial score (nSPS) is 16.2. The first-order valence-electron chi connectivity index (χ1n) is 7.56. The highest BCUT2D eigenvalue weighted by molar-refractivity contribution is 6.32. The van der Waals surface area contributed by atoms with Crippen LogP contribution in [0.3, 0.4) is 0 Å². The number of para-hydroxylation sites is 1. The van der Waals surface area contributed by atoms with Gasteiger partial charge in [-0.2, -0.15) is 0 Å². The van der Waals surface area contributed by atoms with E-state index in [4.69, 9.17) is 16.3 Å². The first-order chi connectivity index (χ1) is 10.3. The van der Waals surface area contributed by atoms with Crippen molar-refractivity contribution >= 4 is 11.6 Å². The van der Waals surface area contributed by atoms with Gasteiger partial charge in [0.15, 0.2) is 0 Å². The van der Waals surface area contributed by atoms with Gasteiger partial charge in [-0.15, -0.1) is 0 Å². The number of aromatic nitrogens is 1. The van der Waals surface area contributed by atoms with Crippen LogP contribution >= 0.6 is 11.6 Å². The van der Waals surface area contributed by atoms with E-state index in [2.05, 4.69) is 33.9 Å². The van der Waals surface area contributed by atoms with Crippen molar-refractivity contribution in [2.24, 2.45) is 0 Å². The number of hydrogen-bond acceptors (Lipinski definition) is 2.